The van der Waals surface area contributed by atoms with Gasteiger partial charge >= 0.3 is 0 Å². The highest BCUT2D eigenvalue weighted by Gasteiger charge is 2.13. The van der Waals surface area contributed by atoms with Crippen molar-refractivity contribution in [3.8, 4) is 0 Å². The van der Waals surface area contributed by atoms with Gasteiger partial charge in [0.2, 0.25) is 5.91 Å². The molecule has 0 radical (unpaired) electrons. The Morgan fingerprint density at radius 2 is 2.24 bits per heavy atom. The van der Waals surface area contributed by atoms with Gasteiger partial charge in [0.1, 0.15) is 11.1 Å². The molecule has 5 heteroatoms. The first kappa shape index (κ1) is 14.1. The lowest BCUT2D eigenvalue weighted by Crippen LogP contribution is -2.34. The van der Waals surface area contributed by atoms with E-state index in [4.69, 9.17) is 4.74 Å². The van der Waals surface area contributed by atoms with E-state index in [9.17, 15) is 4.79 Å². The minimum absolute atomic E-state index is 0.0847. The smallest absolute Gasteiger partial charge is 0.249 e. The summed E-state index contributed by atoms with van der Waals surface area (Å²) in [5.41, 5.74) is 0.989. The third-order valence-corrected chi connectivity index (χ3v) is 3.10. The number of hydrogen-bond donors (Lipinski definition) is 1. The van der Waals surface area contributed by atoms with E-state index in [0.717, 1.165) is 10.7 Å². The monoisotopic (exact) mass is 256 g/mol. The highest BCUT2D eigenvalue weighted by Crippen LogP contribution is 2.08. The van der Waals surface area contributed by atoms with Crippen LogP contribution in [-0.4, -0.2) is 23.6 Å². The molecule has 1 aromatic rings. The number of nitrogens with zero attached hydrogens (tertiary/aromatic N) is 1. The Hall–Kier alpha value is -0.940. The van der Waals surface area contributed by atoms with E-state index >= 15 is 0 Å². The molecule has 1 aromatic heterocycles. The molecule has 1 N–H and O–H groups in total. The average Bonchev–Trinajstić information content (AvgIpc) is 2.68. The van der Waals surface area contributed by atoms with Gasteiger partial charge in [0.15, 0.2) is 0 Å². The Balaban J connectivity index is 2.29. The van der Waals surface area contributed by atoms with Gasteiger partial charge in [-0.3, -0.25) is 4.79 Å². The van der Waals surface area contributed by atoms with Crippen LogP contribution in [0.25, 0.3) is 0 Å². The minimum Gasteiger partial charge on any atom is -0.368 e. The molecule has 0 saturated carbocycles. The summed E-state index contributed by atoms with van der Waals surface area (Å²) < 4.78 is 5.43. The maximum absolute atomic E-state index is 11.7. The van der Waals surface area contributed by atoms with Crippen LogP contribution in [-0.2, 0) is 16.1 Å². The molecule has 4 nitrogen and oxygen atoms in total. The lowest BCUT2D eigenvalue weighted by atomic mass is 10.2. The zero-order chi connectivity index (χ0) is 12.8. The van der Waals surface area contributed by atoms with Crippen molar-refractivity contribution < 1.29 is 9.53 Å². The molecule has 1 amide bonds. The predicted octanol–water partition coefficient (Wildman–Crippen LogP) is 2.13. The van der Waals surface area contributed by atoms with E-state index in [1.807, 2.05) is 12.3 Å². The molecule has 0 fully saturated rings. The Labute approximate surface area is 106 Å². The highest BCUT2D eigenvalue weighted by atomic mass is 32.1. The van der Waals surface area contributed by atoms with E-state index in [-0.39, 0.29) is 5.91 Å². The van der Waals surface area contributed by atoms with E-state index in [1.54, 1.807) is 18.3 Å². The third-order valence-electron chi connectivity index (χ3n) is 2.13. The topological polar surface area (TPSA) is 51.2 Å². The van der Waals surface area contributed by atoms with Gasteiger partial charge in [-0.2, -0.15) is 0 Å². The molecule has 0 aliphatic carbocycles. The van der Waals surface area contributed by atoms with E-state index in [0.29, 0.717) is 19.1 Å². The summed E-state index contributed by atoms with van der Waals surface area (Å²) in [5, 5.41) is 5.72. The summed E-state index contributed by atoms with van der Waals surface area (Å²) >= 11 is 1.55. The van der Waals surface area contributed by atoms with Crippen molar-refractivity contribution >= 4 is 17.2 Å². The van der Waals surface area contributed by atoms with Crippen LogP contribution in [0.1, 0.15) is 31.5 Å². The molecule has 96 valence electrons. The molecule has 0 aliphatic heterocycles. The van der Waals surface area contributed by atoms with Crippen molar-refractivity contribution in [3.05, 3.63) is 16.1 Å². The summed E-state index contributed by atoms with van der Waals surface area (Å²) in [5.74, 6) is 0.352. The summed E-state index contributed by atoms with van der Waals surface area (Å²) in [7, 11) is 0. The number of carbonyl (C=O) groups is 1. The number of thiazole rings is 1. The van der Waals surface area contributed by atoms with Crippen LogP contribution < -0.4 is 5.32 Å². The lowest BCUT2D eigenvalue weighted by Gasteiger charge is -2.14. The van der Waals surface area contributed by atoms with E-state index < -0.39 is 6.10 Å². The molecule has 1 atom stereocenters. The molecule has 0 aliphatic rings. The number of amides is 1. The molecule has 17 heavy (non-hydrogen) atoms. The van der Waals surface area contributed by atoms with Gasteiger partial charge in [-0.1, -0.05) is 13.8 Å². The highest BCUT2D eigenvalue weighted by molar-refractivity contribution is 7.09. The molecule has 1 rings (SSSR count). The van der Waals surface area contributed by atoms with Crippen molar-refractivity contribution in [3.63, 3.8) is 0 Å². The SMILES string of the molecule is Cc1csc(CNC(=O)C(C)OCC(C)C)n1. The van der Waals surface area contributed by atoms with Crippen LogP contribution in [0.5, 0.6) is 0 Å². The second-order valence-electron chi connectivity index (χ2n) is 4.47. The standard InChI is InChI=1S/C12H20N2O2S/c1-8(2)6-16-10(4)12(15)13-5-11-14-9(3)7-17-11/h7-8,10H,5-6H2,1-4H3,(H,13,15). The average molecular weight is 256 g/mol. The number of nitrogens with one attached hydrogen (secondary N) is 1. The molecule has 1 heterocycles. The number of hydrogen-bond acceptors (Lipinski definition) is 4. The summed E-state index contributed by atoms with van der Waals surface area (Å²) in [4.78, 5) is 16.0. The van der Waals surface area contributed by atoms with Crippen molar-refractivity contribution in [2.24, 2.45) is 5.92 Å². The summed E-state index contributed by atoms with van der Waals surface area (Å²) in [6, 6.07) is 0. The number of carbonyl (C=O) groups excluding carboxylic acids is 1. The minimum atomic E-state index is -0.404. The van der Waals surface area contributed by atoms with Gasteiger partial charge in [-0.25, -0.2) is 4.98 Å². The molecular weight excluding hydrogens is 236 g/mol. The van der Waals surface area contributed by atoms with Crippen LogP contribution in [0.2, 0.25) is 0 Å². The Morgan fingerprint density at radius 1 is 1.53 bits per heavy atom. The fourth-order valence-corrected chi connectivity index (χ4v) is 1.91. The fraction of sp³-hybridized carbons (Fsp3) is 0.667. The zero-order valence-corrected chi connectivity index (χ0v) is 11.6. The molecule has 0 spiro atoms. The first-order chi connectivity index (χ1) is 7.99. The maximum Gasteiger partial charge on any atom is 0.249 e. The second-order valence-corrected chi connectivity index (χ2v) is 5.41. The van der Waals surface area contributed by atoms with Gasteiger partial charge in [0.25, 0.3) is 0 Å². The molecular formula is C12H20N2O2S. The molecule has 0 saturated heterocycles. The van der Waals surface area contributed by atoms with Gasteiger partial charge in [0, 0.05) is 17.7 Å². The summed E-state index contributed by atoms with van der Waals surface area (Å²) in [6.07, 6.45) is -0.404. The fourth-order valence-electron chi connectivity index (χ4n) is 1.20. The summed E-state index contributed by atoms with van der Waals surface area (Å²) in [6.45, 7) is 8.91. The Morgan fingerprint density at radius 3 is 2.76 bits per heavy atom. The Bertz CT molecular complexity index is 363. The van der Waals surface area contributed by atoms with Crippen molar-refractivity contribution in [1.82, 2.24) is 10.3 Å². The second kappa shape index (κ2) is 6.71. The molecule has 0 aromatic carbocycles. The van der Waals surface area contributed by atoms with Crippen LogP contribution in [0.3, 0.4) is 0 Å². The first-order valence-electron chi connectivity index (χ1n) is 5.79. The Kier molecular flexibility index (Phi) is 5.58. The van der Waals surface area contributed by atoms with Gasteiger partial charge in [-0.15, -0.1) is 11.3 Å². The van der Waals surface area contributed by atoms with Gasteiger partial charge in [-0.05, 0) is 19.8 Å². The van der Waals surface area contributed by atoms with Crippen molar-refractivity contribution in [2.75, 3.05) is 6.61 Å². The molecule has 0 bridgehead atoms. The van der Waals surface area contributed by atoms with Crippen molar-refractivity contribution in [1.29, 1.82) is 0 Å². The van der Waals surface area contributed by atoms with E-state index in [1.165, 1.54) is 0 Å². The largest absolute Gasteiger partial charge is 0.368 e. The quantitative estimate of drug-likeness (QED) is 0.848. The van der Waals surface area contributed by atoms with Crippen LogP contribution in [0.15, 0.2) is 5.38 Å². The number of ether oxygens (including phenoxy) is 1. The predicted molar refractivity (Wildman–Crippen MR) is 68.9 cm³/mol. The normalized spacial score (nSPS) is 12.8. The maximum atomic E-state index is 11.7. The zero-order valence-electron chi connectivity index (χ0n) is 10.8. The van der Waals surface area contributed by atoms with Gasteiger partial charge in [0.05, 0.1) is 6.54 Å². The molecule has 1 unspecified atom stereocenters. The lowest BCUT2D eigenvalue weighted by molar-refractivity contribution is -0.132. The number of rotatable bonds is 6. The third kappa shape index (κ3) is 5.28. The number of aromatic nitrogens is 1. The van der Waals surface area contributed by atoms with Gasteiger partial charge < -0.3 is 10.1 Å². The van der Waals surface area contributed by atoms with E-state index in [2.05, 4.69) is 24.1 Å². The van der Waals surface area contributed by atoms with Crippen molar-refractivity contribution in [2.45, 2.75) is 40.3 Å². The van der Waals surface area contributed by atoms with Crippen LogP contribution in [0.4, 0.5) is 0 Å². The first-order valence-corrected chi connectivity index (χ1v) is 6.67. The number of aryl methyl sites for hydroxylation is 1. The van der Waals surface area contributed by atoms with Crippen LogP contribution >= 0.6 is 11.3 Å². The van der Waals surface area contributed by atoms with Crippen LogP contribution in [0, 0.1) is 12.8 Å².